The van der Waals surface area contributed by atoms with Gasteiger partial charge in [-0.25, -0.2) is 9.59 Å². The third-order valence-corrected chi connectivity index (χ3v) is 4.20. The molecule has 1 heterocycles. The van der Waals surface area contributed by atoms with Crippen LogP contribution in [-0.2, 0) is 22.6 Å². The lowest BCUT2D eigenvalue weighted by Gasteiger charge is -2.09. The van der Waals surface area contributed by atoms with E-state index in [0.717, 1.165) is 35.8 Å². The lowest BCUT2D eigenvalue weighted by molar-refractivity contribution is -0.147. The van der Waals surface area contributed by atoms with Gasteiger partial charge in [-0.15, -0.1) is 0 Å². The number of unbranched alkanes of at least 4 members (excludes halogenated alkanes) is 1. The first-order valence-corrected chi connectivity index (χ1v) is 9.05. The summed E-state index contributed by atoms with van der Waals surface area (Å²) in [6.45, 7) is 2.10. The minimum absolute atomic E-state index is 0.205. The Morgan fingerprint density at radius 1 is 1.07 bits per heavy atom. The number of benzene rings is 2. The molecule has 0 saturated carbocycles. The van der Waals surface area contributed by atoms with Crippen molar-refractivity contribution in [3.63, 3.8) is 0 Å². The first kappa shape index (κ1) is 18.7. The summed E-state index contributed by atoms with van der Waals surface area (Å²) >= 11 is 0. The molecule has 140 valence electrons. The first-order chi connectivity index (χ1) is 13.2. The molecule has 0 aliphatic rings. The summed E-state index contributed by atoms with van der Waals surface area (Å²) in [4.78, 5) is 23.6. The number of carbonyl (C=O) groups is 1. The molecule has 0 saturated heterocycles. The molecule has 5 nitrogen and oxygen atoms in total. The van der Waals surface area contributed by atoms with Crippen LogP contribution >= 0.6 is 0 Å². The molecule has 0 atom stereocenters. The fourth-order valence-corrected chi connectivity index (χ4v) is 2.80. The van der Waals surface area contributed by atoms with E-state index in [2.05, 4.69) is 6.92 Å². The number of hydrogen-bond acceptors (Lipinski definition) is 5. The highest BCUT2D eigenvalue weighted by Gasteiger charge is 2.09. The number of hydrogen-bond donors (Lipinski definition) is 0. The Labute approximate surface area is 157 Å². The highest BCUT2D eigenvalue weighted by Crippen LogP contribution is 2.23. The monoisotopic (exact) mass is 366 g/mol. The molecular formula is C22H22O5. The molecule has 0 amide bonds. The molecule has 5 heteroatoms. The number of aryl methyl sites for hydroxylation is 1. The van der Waals surface area contributed by atoms with Crippen LogP contribution in [0.3, 0.4) is 0 Å². The second-order valence-electron chi connectivity index (χ2n) is 6.29. The van der Waals surface area contributed by atoms with E-state index in [0.29, 0.717) is 11.3 Å². The molecule has 1 aromatic heterocycles. The van der Waals surface area contributed by atoms with E-state index in [1.807, 2.05) is 36.4 Å². The Hall–Kier alpha value is -3.08. The second-order valence-corrected chi connectivity index (χ2v) is 6.29. The van der Waals surface area contributed by atoms with Crippen LogP contribution in [0.5, 0.6) is 5.75 Å². The van der Waals surface area contributed by atoms with Gasteiger partial charge >= 0.3 is 11.6 Å². The number of carbonyl (C=O) groups excluding carboxylic acids is 1. The lowest BCUT2D eigenvalue weighted by atomic mass is 10.0. The van der Waals surface area contributed by atoms with Crippen molar-refractivity contribution in [3.05, 3.63) is 76.1 Å². The standard InChI is InChI=1S/C22H22O5/c1-2-3-9-17-12-21(23)27-20-13-18(10-11-19(17)20)25-15-22(24)26-14-16-7-5-4-6-8-16/h4-8,10-13H,2-3,9,14-15H2,1H3. The first-order valence-electron chi connectivity index (χ1n) is 9.05. The van der Waals surface area contributed by atoms with Gasteiger partial charge in [0.2, 0.25) is 0 Å². The number of ether oxygens (including phenoxy) is 2. The van der Waals surface area contributed by atoms with Crippen molar-refractivity contribution in [1.29, 1.82) is 0 Å². The zero-order chi connectivity index (χ0) is 19.1. The topological polar surface area (TPSA) is 65.7 Å². The van der Waals surface area contributed by atoms with Crippen LogP contribution < -0.4 is 10.4 Å². The van der Waals surface area contributed by atoms with Crippen molar-refractivity contribution in [2.24, 2.45) is 0 Å². The molecule has 0 aliphatic heterocycles. The van der Waals surface area contributed by atoms with Crippen LogP contribution in [0.2, 0.25) is 0 Å². The fourth-order valence-electron chi connectivity index (χ4n) is 2.80. The number of fused-ring (bicyclic) bond motifs is 1. The molecule has 0 fully saturated rings. The summed E-state index contributed by atoms with van der Waals surface area (Å²) in [5.74, 6) is -0.00736. The number of esters is 1. The number of rotatable bonds is 8. The van der Waals surface area contributed by atoms with Crippen molar-refractivity contribution >= 4 is 16.9 Å². The predicted molar refractivity (Wildman–Crippen MR) is 103 cm³/mol. The van der Waals surface area contributed by atoms with Gasteiger partial charge in [0.1, 0.15) is 17.9 Å². The molecular weight excluding hydrogens is 344 g/mol. The van der Waals surface area contributed by atoms with Crippen LogP contribution in [0, 0.1) is 0 Å². The van der Waals surface area contributed by atoms with Crippen LogP contribution in [-0.4, -0.2) is 12.6 Å². The van der Waals surface area contributed by atoms with Gasteiger partial charge in [0.15, 0.2) is 6.61 Å². The lowest BCUT2D eigenvalue weighted by Crippen LogP contribution is -2.14. The van der Waals surface area contributed by atoms with Crippen LogP contribution in [0.1, 0.15) is 30.9 Å². The van der Waals surface area contributed by atoms with Gasteiger partial charge in [0, 0.05) is 17.5 Å². The summed E-state index contributed by atoms with van der Waals surface area (Å²) in [6, 6.07) is 16.2. The van der Waals surface area contributed by atoms with E-state index in [9.17, 15) is 9.59 Å². The highest BCUT2D eigenvalue weighted by atomic mass is 16.6. The molecule has 0 aliphatic carbocycles. The molecule has 0 bridgehead atoms. The zero-order valence-electron chi connectivity index (χ0n) is 15.3. The summed E-state index contributed by atoms with van der Waals surface area (Å²) in [7, 11) is 0. The van der Waals surface area contributed by atoms with Crippen LogP contribution in [0.15, 0.2) is 63.8 Å². The zero-order valence-corrected chi connectivity index (χ0v) is 15.3. The van der Waals surface area contributed by atoms with Crippen molar-refractivity contribution in [2.45, 2.75) is 32.8 Å². The van der Waals surface area contributed by atoms with E-state index in [1.165, 1.54) is 0 Å². The summed E-state index contributed by atoms with van der Waals surface area (Å²) < 4.78 is 16.0. The minimum atomic E-state index is -0.461. The van der Waals surface area contributed by atoms with Gasteiger partial charge in [-0.3, -0.25) is 0 Å². The predicted octanol–water partition coefficient (Wildman–Crippen LogP) is 4.26. The smallest absolute Gasteiger partial charge is 0.344 e. The molecule has 0 N–H and O–H groups in total. The maximum atomic E-state index is 11.9. The largest absolute Gasteiger partial charge is 0.482 e. The van der Waals surface area contributed by atoms with Crippen molar-refractivity contribution < 1.29 is 18.7 Å². The quantitative estimate of drug-likeness (QED) is 0.440. The second kappa shape index (κ2) is 9.03. The normalized spacial score (nSPS) is 10.7. The van der Waals surface area contributed by atoms with E-state index < -0.39 is 5.97 Å². The van der Waals surface area contributed by atoms with E-state index >= 15 is 0 Å². The molecule has 2 aromatic carbocycles. The Bertz CT molecular complexity index is 959. The SMILES string of the molecule is CCCCc1cc(=O)oc2cc(OCC(=O)OCc3ccccc3)ccc12. The third-order valence-electron chi connectivity index (χ3n) is 4.20. The molecule has 0 radical (unpaired) electrons. The molecule has 3 rings (SSSR count). The summed E-state index contributed by atoms with van der Waals surface area (Å²) in [6.07, 6.45) is 2.88. The Morgan fingerprint density at radius 2 is 1.89 bits per heavy atom. The van der Waals surface area contributed by atoms with Crippen molar-refractivity contribution in [3.8, 4) is 5.75 Å². The Kier molecular flexibility index (Phi) is 6.26. The van der Waals surface area contributed by atoms with Crippen molar-refractivity contribution in [1.82, 2.24) is 0 Å². The maximum absolute atomic E-state index is 11.9. The minimum Gasteiger partial charge on any atom is -0.482 e. The average molecular weight is 366 g/mol. The van der Waals surface area contributed by atoms with E-state index in [1.54, 1.807) is 18.2 Å². The summed E-state index contributed by atoms with van der Waals surface area (Å²) in [5.41, 5.74) is 1.96. The van der Waals surface area contributed by atoms with Crippen molar-refractivity contribution in [2.75, 3.05) is 6.61 Å². The van der Waals surface area contributed by atoms with E-state index in [4.69, 9.17) is 13.9 Å². The van der Waals surface area contributed by atoms with E-state index in [-0.39, 0.29) is 18.8 Å². The van der Waals surface area contributed by atoms with Gasteiger partial charge in [-0.2, -0.15) is 0 Å². The molecule has 27 heavy (non-hydrogen) atoms. The van der Waals surface area contributed by atoms with Crippen LogP contribution in [0.4, 0.5) is 0 Å². The van der Waals surface area contributed by atoms with Crippen LogP contribution in [0.25, 0.3) is 11.0 Å². The van der Waals surface area contributed by atoms with Gasteiger partial charge in [-0.1, -0.05) is 43.7 Å². The fraction of sp³-hybridized carbons (Fsp3) is 0.273. The van der Waals surface area contributed by atoms with Gasteiger partial charge in [0.05, 0.1) is 0 Å². The maximum Gasteiger partial charge on any atom is 0.344 e. The Morgan fingerprint density at radius 3 is 2.67 bits per heavy atom. The molecule has 3 aromatic rings. The molecule has 0 unspecified atom stereocenters. The third kappa shape index (κ3) is 5.20. The molecule has 0 spiro atoms. The average Bonchev–Trinajstić information content (AvgIpc) is 2.69. The highest BCUT2D eigenvalue weighted by molar-refractivity contribution is 5.81. The van der Waals surface area contributed by atoms with Gasteiger partial charge in [-0.05, 0) is 36.1 Å². The van der Waals surface area contributed by atoms with Gasteiger partial charge in [0.25, 0.3) is 0 Å². The van der Waals surface area contributed by atoms with Gasteiger partial charge < -0.3 is 13.9 Å². The summed E-state index contributed by atoms with van der Waals surface area (Å²) in [5, 5.41) is 0.891. The Balaban J connectivity index is 1.63.